The van der Waals surface area contributed by atoms with Gasteiger partial charge in [-0.15, -0.1) is 0 Å². The first-order chi connectivity index (χ1) is 18.9. The Morgan fingerprint density at radius 1 is 0.902 bits per heavy atom. The average Bonchev–Trinajstić information content (AvgIpc) is 2.87. The summed E-state index contributed by atoms with van der Waals surface area (Å²) in [6, 6.07) is 18.2. The number of hydrogen-bond donors (Lipinski definition) is 3. The summed E-state index contributed by atoms with van der Waals surface area (Å²) in [6.07, 6.45) is 1.11. The summed E-state index contributed by atoms with van der Waals surface area (Å²) in [5, 5.41) is 5.23. The Labute approximate surface area is 241 Å². The first kappa shape index (κ1) is 31.8. The second-order valence-corrected chi connectivity index (χ2v) is 14.4. The van der Waals surface area contributed by atoms with Crippen LogP contribution in [-0.4, -0.2) is 51.9 Å². The number of nitrogens with zero attached hydrogens (tertiary/aromatic N) is 1. The highest BCUT2D eigenvalue weighted by Gasteiger charge is 2.20. The molecule has 0 saturated carbocycles. The van der Waals surface area contributed by atoms with Crippen LogP contribution in [0.15, 0.2) is 71.6 Å². The molecule has 0 aromatic heterocycles. The predicted octanol–water partition coefficient (Wildman–Crippen LogP) is 4.55. The van der Waals surface area contributed by atoms with Crippen molar-refractivity contribution in [2.45, 2.75) is 44.6 Å². The van der Waals surface area contributed by atoms with E-state index in [1.54, 1.807) is 43.3 Å². The SMILES string of the molecule is Cc1ccc(NC(=O)N(Cc2ccc(C(=O)NCCS(=O)(=O)O)cc2)c2ccc(C(C)(C)C)cc2)cc1S(C)(=O)=O. The minimum Gasteiger partial charge on any atom is -0.351 e. The normalized spacial score (nSPS) is 12.0. The molecule has 0 unspecified atom stereocenters. The monoisotopic (exact) mass is 601 g/mol. The van der Waals surface area contributed by atoms with Crippen LogP contribution in [0.4, 0.5) is 16.2 Å². The topological polar surface area (TPSA) is 150 Å². The van der Waals surface area contributed by atoms with Crippen LogP contribution in [0.5, 0.6) is 0 Å². The standard InChI is InChI=1S/C29H35N3O7S2/c1-20-6-13-24(18-26(20)40(5,35)36)31-28(34)32(25-14-11-23(12-15-25)29(2,3)4)19-21-7-9-22(10-8-21)27(33)30-16-17-41(37,38)39/h6-15,18H,16-17,19H2,1-5H3,(H,30,33)(H,31,34)(H,37,38,39). The predicted molar refractivity (Wildman–Crippen MR) is 160 cm³/mol. The van der Waals surface area contributed by atoms with Gasteiger partial charge < -0.3 is 10.6 Å². The lowest BCUT2D eigenvalue weighted by Crippen LogP contribution is -2.34. The lowest BCUT2D eigenvalue weighted by molar-refractivity contribution is 0.0956. The Balaban J connectivity index is 1.87. The highest BCUT2D eigenvalue weighted by atomic mass is 32.2. The third kappa shape index (κ3) is 9.13. The minimum absolute atomic E-state index is 0.0900. The first-order valence-electron chi connectivity index (χ1n) is 12.8. The molecule has 0 atom stereocenters. The van der Waals surface area contributed by atoms with Gasteiger partial charge in [0.1, 0.15) is 0 Å². The van der Waals surface area contributed by atoms with E-state index in [1.807, 2.05) is 24.3 Å². The maximum Gasteiger partial charge on any atom is 0.326 e. The van der Waals surface area contributed by atoms with Gasteiger partial charge in [0, 0.05) is 29.7 Å². The molecule has 0 radical (unpaired) electrons. The van der Waals surface area contributed by atoms with Crippen molar-refractivity contribution in [1.82, 2.24) is 5.32 Å². The molecule has 12 heteroatoms. The molecule has 10 nitrogen and oxygen atoms in total. The number of carbonyl (C=O) groups is 2. The number of benzene rings is 3. The maximum absolute atomic E-state index is 13.6. The summed E-state index contributed by atoms with van der Waals surface area (Å²) < 4.78 is 54.9. The molecule has 41 heavy (non-hydrogen) atoms. The molecular weight excluding hydrogens is 566 g/mol. The van der Waals surface area contributed by atoms with Crippen LogP contribution in [0.3, 0.4) is 0 Å². The molecule has 0 aliphatic heterocycles. The summed E-state index contributed by atoms with van der Waals surface area (Å²) >= 11 is 0. The second kappa shape index (κ2) is 12.4. The average molecular weight is 602 g/mol. The van der Waals surface area contributed by atoms with E-state index in [-0.39, 0.29) is 29.0 Å². The first-order valence-corrected chi connectivity index (χ1v) is 16.3. The Morgan fingerprint density at radius 3 is 2.05 bits per heavy atom. The van der Waals surface area contributed by atoms with Crippen LogP contribution in [0.1, 0.15) is 47.8 Å². The minimum atomic E-state index is -4.19. The van der Waals surface area contributed by atoms with Crippen molar-refractivity contribution in [3.8, 4) is 0 Å². The molecule has 0 aliphatic rings. The zero-order chi connectivity index (χ0) is 30.6. The molecule has 220 valence electrons. The third-order valence-electron chi connectivity index (χ3n) is 6.33. The second-order valence-electron chi connectivity index (χ2n) is 10.8. The Kier molecular flexibility index (Phi) is 9.62. The fourth-order valence-corrected chi connectivity index (χ4v) is 5.38. The van der Waals surface area contributed by atoms with Crippen molar-refractivity contribution in [3.05, 3.63) is 89.0 Å². The van der Waals surface area contributed by atoms with Gasteiger partial charge >= 0.3 is 6.03 Å². The van der Waals surface area contributed by atoms with Crippen molar-refractivity contribution in [3.63, 3.8) is 0 Å². The van der Waals surface area contributed by atoms with Gasteiger partial charge in [0.05, 0.1) is 17.2 Å². The van der Waals surface area contributed by atoms with Gasteiger partial charge in [-0.3, -0.25) is 14.2 Å². The molecule has 0 bridgehead atoms. The molecular formula is C29H35N3O7S2. The van der Waals surface area contributed by atoms with Crippen molar-refractivity contribution < 1.29 is 31.0 Å². The molecule has 3 N–H and O–H groups in total. The van der Waals surface area contributed by atoms with Gasteiger partial charge in [-0.2, -0.15) is 8.42 Å². The van der Waals surface area contributed by atoms with Crippen LogP contribution >= 0.6 is 0 Å². The summed E-state index contributed by atoms with van der Waals surface area (Å²) in [6.45, 7) is 7.84. The largest absolute Gasteiger partial charge is 0.351 e. The fraction of sp³-hybridized carbons (Fsp3) is 0.310. The van der Waals surface area contributed by atoms with Crippen molar-refractivity contribution in [2.75, 3.05) is 28.8 Å². The van der Waals surface area contributed by atoms with Crippen molar-refractivity contribution >= 4 is 43.3 Å². The quantitative estimate of drug-likeness (QED) is 0.305. The third-order valence-corrected chi connectivity index (χ3v) is 8.29. The molecule has 0 spiro atoms. The summed E-state index contributed by atoms with van der Waals surface area (Å²) in [4.78, 5) is 27.5. The van der Waals surface area contributed by atoms with Crippen LogP contribution in [-0.2, 0) is 31.9 Å². The number of urea groups is 1. The lowest BCUT2D eigenvalue weighted by Gasteiger charge is -2.25. The van der Waals surface area contributed by atoms with Gasteiger partial charge in [0.25, 0.3) is 16.0 Å². The fourth-order valence-electron chi connectivity index (χ4n) is 4.03. The van der Waals surface area contributed by atoms with E-state index in [1.165, 1.54) is 11.0 Å². The zero-order valence-corrected chi connectivity index (χ0v) is 25.3. The van der Waals surface area contributed by atoms with E-state index in [0.29, 0.717) is 22.5 Å². The van der Waals surface area contributed by atoms with Gasteiger partial charge in [0.15, 0.2) is 9.84 Å². The van der Waals surface area contributed by atoms with E-state index < -0.39 is 37.6 Å². The number of sulfone groups is 1. The number of nitrogens with one attached hydrogen (secondary N) is 2. The van der Waals surface area contributed by atoms with Crippen LogP contribution < -0.4 is 15.5 Å². The molecule has 3 amide bonds. The molecule has 0 saturated heterocycles. The van der Waals surface area contributed by atoms with Gasteiger partial charge in [-0.1, -0.05) is 51.1 Å². The van der Waals surface area contributed by atoms with Crippen molar-refractivity contribution in [1.29, 1.82) is 0 Å². The van der Waals surface area contributed by atoms with Gasteiger partial charge in [0.2, 0.25) is 0 Å². The number of aryl methyl sites for hydroxylation is 1. The van der Waals surface area contributed by atoms with E-state index in [9.17, 15) is 26.4 Å². The molecule has 0 aliphatic carbocycles. The Hall–Kier alpha value is -3.74. The summed E-state index contributed by atoms with van der Waals surface area (Å²) in [7, 11) is -7.69. The maximum atomic E-state index is 13.6. The summed E-state index contributed by atoms with van der Waals surface area (Å²) in [5.41, 5.74) is 3.49. The molecule has 3 aromatic rings. The van der Waals surface area contributed by atoms with Gasteiger partial charge in [-0.05, 0) is 65.4 Å². The van der Waals surface area contributed by atoms with Crippen LogP contribution in [0.25, 0.3) is 0 Å². The number of hydrogen-bond acceptors (Lipinski definition) is 6. The van der Waals surface area contributed by atoms with Crippen LogP contribution in [0.2, 0.25) is 0 Å². The zero-order valence-electron chi connectivity index (χ0n) is 23.6. The molecule has 3 aromatic carbocycles. The number of carbonyl (C=O) groups excluding carboxylic acids is 2. The number of amides is 3. The van der Waals surface area contributed by atoms with E-state index in [4.69, 9.17) is 4.55 Å². The Bertz CT molecular complexity index is 1630. The molecule has 0 heterocycles. The van der Waals surface area contributed by atoms with E-state index in [0.717, 1.165) is 11.8 Å². The van der Waals surface area contributed by atoms with Gasteiger partial charge in [-0.25, -0.2) is 13.2 Å². The molecule has 3 rings (SSSR count). The van der Waals surface area contributed by atoms with Crippen molar-refractivity contribution in [2.24, 2.45) is 0 Å². The van der Waals surface area contributed by atoms with Crippen LogP contribution in [0, 0.1) is 6.92 Å². The lowest BCUT2D eigenvalue weighted by atomic mass is 9.87. The number of rotatable bonds is 9. The number of anilines is 2. The Morgan fingerprint density at radius 2 is 1.51 bits per heavy atom. The smallest absolute Gasteiger partial charge is 0.326 e. The van der Waals surface area contributed by atoms with E-state index >= 15 is 0 Å². The highest BCUT2D eigenvalue weighted by molar-refractivity contribution is 7.90. The summed E-state index contributed by atoms with van der Waals surface area (Å²) in [5.74, 6) is -1.10. The molecule has 0 fully saturated rings. The van der Waals surface area contributed by atoms with E-state index in [2.05, 4.69) is 31.4 Å². The highest BCUT2D eigenvalue weighted by Crippen LogP contribution is 2.27.